The summed E-state index contributed by atoms with van der Waals surface area (Å²) in [6.45, 7) is 0. The fourth-order valence-corrected chi connectivity index (χ4v) is 2.61. The molecule has 2 aliphatic carbocycles. The van der Waals surface area contributed by atoms with E-state index < -0.39 is 0 Å². The summed E-state index contributed by atoms with van der Waals surface area (Å²) in [5.74, 6) is 2.65. The van der Waals surface area contributed by atoms with Crippen LogP contribution in [-0.2, 0) is 4.79 Å². The Labute approximate surface area is 77.5 Å². The van der Waals surface area contributed by atoms with Gasteiger partial charge in [-0.05, 0) is 37.4 Å². The van der Waals surface area contributed by atoms with Crippen LogP contribution < -0.4 is 5.32 Å². The topological polar surface area (TPSA) is 29.1 Å². The maximum Gasteiger partial charge on any atom is 0.230 e. The number of nitrogens with one attached hydrogen (secondary N) is 1. The zero-order valence-electron chi connectivity index (χ0n) is 7.38. The summed E-state index contributed by atoms with van der Waals surface area (Å²) in [7, 11) is 0. The number of carbonyl (C=O) groups excluding carboxylic acids is 1. The van der Waals surface area contributed by atoms with Gasteiger partial charge in [-0.2, -0.15) is 11.8 Å². The Bertz CT molecular complexity index is 195. The van der Waals surface area contributed by atoms with E-state index in [1.54, 1.807) is 11.8 Å². The van der Waals surface area contributed by atoms with Crippen molar-refractivity contribution < 1.29 is 4.79 Å². The molecule has 68 valence electrons. The van der Waals surface area contributed by atoms with Gasteiger partial charge in [0.15, 0.2) is 0 Å². The van der Waals surface area contributed by atoms with Crippen LogP contribution in [0.4, 0.5) is 0 Å². The average Bonchev–Trinajstić information content (AvgIpc) is 2.71. The van der Waals surface area contributed by atoms with E-state index in [-0.39, 0.29) is 5.91 Å². The largest absolute Gasteiger partial charge is 0.352 e. The van der Waals surface area contributed by atoms with E-state index in [1.165, 1.54) is 19.3 Å². The third kappa shape index (κ3) is 1.60. The van der Waals surface area contributed by atoms with Crippen LogP contribution in [0, 0.1) is 11.8 Å². The van der Waals surface area contributed by atoms with E-state index in [4.69, 9.17) is 0 Å². The molecule has 0 saturated heterocycles. The molecule has 1 amide bonds. The van der Waals surface area contributed by atoms with Gasteiger partial charge in [-0.3, -0.25) is 4.79 Å². The Morgan fingerprint density at radius 3 is 2.92 bits per heavy atom. The van der Waals surface area contributed by atoms with Gasteiger partial charge in [0.25, 0.3) is 0 Å². The van der Waals surface area contributed by atoms with E-state index >= 15 is 0 Å². The number of amides is 1. The molecule has 3 unspecified atom stereocenters. The highest BCUT2D eigenvalue weighted by atomic mass is 32.2. The smallest absolute Gasteiger partial charge is 0.230 e. The van der Waals surface area contributed by atoms with E-state index in [0.717, 1.165) is 11.8 Å². The predicted molar refractivity (Wildman–Crippen MR) is 51.1 cm³/mol. The maximum absolute atomic E-state index is 11.2. The summed E-state index contributed by atoms with van der Waals surface area (Å²) in [4.78, 5) is 11.2. The first-order valence-electron chi connectivity index (χ1n) is 4.59. The Balaban J connectivity index is 1.75. The van der Waals surface area contributed by atoms with Gasteiger partial charge in [0.1, 0.15) is 0 Å². The lowest BCUT2D eigenvalue weighted by Crippen LogP contribution is -2.36. The number of hydrogen-bond donors (Lipinski definition) is 1. The molecule has 0 aromatic carbocycles. The first-order valence-corrected chi connectivity index (χ1v) is 5.99. The van der Waals surface area contributed by atoms with E-state index in [9.17, 15) is 4.79 Å². The van der Waals surface area contributed by atoms with Crippen LogP contribution in [0.5, 0.6) is 0 Å². The summed E-state index contributed by atoms with van der Waals surface area (Å²) in [6, 6.07) is 0.523. The second-order valence-electron chi connectivity index (χ2n) is 3.84. The molecular formula is C9H15NOS. The van der Waals surface area contributed by atoms with Gasteiger partial charge in [-0.1, -0.05) is 0 Å². The van der Waals surface area contributed by atoms with Crippen molar-refractivity contribution in [3.8, 4) is 0 Å². The van der Waals surface area contributed by atoms with Gasteiger partial charge < -0.3 is 5.32 Å². The maximum atomic E-state index is 11.2. The van der Waals surface area contributed by atoms with Crippen molar-refractivity contribution in [1.82, 2.24) is 5.32 Å². The summed E-state index contributed by atoms with van der Waals surface area (Å²) in [5.41, 5.74) is 0. The molecule has 2 aliphatic rings. The first kappa shape index (κ1) is 8.42. The van der Waals surface area contributed by atoms with Crippen molar-refractivity contribution in [3.05, 3.63) is 0 Å². The fraction of sp³-hybridized carbons (Fsp3) is 0.889. The summed E-state index contributed by atoms with van der Waals surface area (Å²) >= 11 is 1.60. The lowest BCUT2D eigenvalue weighted by Gasteiger charge is -2.13. The molecular weight excluding hydrogens is 170 g/mol. The van der Waals surface area contributed by atoms with Crippen molar-refractivity contribution in [3.63, 3.8) is 0 Å². The molecule has 0 spiro atoms. The SMILES string of the molecule is CSCC(=O)NC1CCC2CC21. The first-order chi connectivity index (χ1) is 5.81. The van der Waals surface area contributed by atoms with Crippen LogP contribution in [0.3, 0.4) is 0 Å². The standard InChI is InChI=1S/C9H15NOS/c1-12-5-9(11)10-8-3-2-6-4-7(6)8/h6-8H,2-5H2,1H3,(H,10,11). The van der Waals surface area contributed by atoms with Crippen LogP contribution in [0.1, 0.15) is 19.3 Å². The van der Waals surface area contributed by atoms with Crippen molar-refractivity contribution in [1.29, 1.82) is 0 Å². The average molecular weight is 185 g/mol. The van der Waals surface area contributed by atoms with Gasteiger partial charge in [-0.15, -0.1) is 0 Å². The van der Waals surface area contributed by atoms with Crippen LogP contribution in [0.15, 0.2) is 0 Å². The number of thioether (sulfide) groups is 1. The van der Waals surface area contributed by atoms with Crippen LogP contribution in [-0.4, -0.2) is 24.0 Å². The second-order valence-corrected chi connectivity index (χ2v) is 4.71. The third-order valence-corrected chi connectivity index (χ3v) is 3.52. The molecule has 0 aliphatic heterocycles. The lowest BCUT2D eigenvalue weighted by atomic mass is 10.2. The normalized spacial score (nSPS) is 37.6. The number of fused-ring (bicyclic) bond motifs is 1. The highest BCUT2D eigenvalue weighted by Gasteiger charge is 2.48. The Morgan fingerprint density at radius 1 is 1.58 bits per heavy atom. The second kappa shape index (κ2) is 3.29. The monoisotopic (exact) mass is 185 g/mol. The molecule has 3 atom stereocenters. The lowest BCUT2D eigenvalue weighted by molar-refractivity contribution is -0.119. The molecule has 3 heteroatoms. The highest BCUT2D eigenvalue weighted by molar-refractivity contribution is 7.99. The number of rotatable bonds is 3. The molecule has 0 heterocycles. The minimum absolute atomic E-state index is 0.222. The van der Waals surface area contributed by atoms with Gasteiger partial charge >= 0.3 is 0 Å². The van der Waals surface area contributed by atoms with Crippen molar-refractivity contribution in [2.75, 3.05) is 12.0 Å². The predicted octanol–water partition coefficient (Wildman–Crippen LogP) is 1.26. The minimum atomic E-state index is 0.222. The van der Waals surface area contributed by atoms with Gasteiger partial charge in [-0.25, -0.2) is 0 Å². The van der Waals surface area contributed by atoms with Crippen molar-refractivity contribution in [2.24, 2.45) is 11.8 Å². The number of hydrogen-bond acceptors (Lipinski definition) is 2. The molecule has 0 radical (unpaired) electrons. The van der Waals surface area contributed by atoms with E-state index in [0.29, 0.717) is 11.8 Å². The zero-order valence-corrected chi connectivity index (χ0v) is 8.19. The van der Waals surface area contributed by atoms with Crippen LogP contribution >= 0.6 is 11.8 Å². The van der Waals surface area contributed by atoms with E-state index in [2.05, 4.69) is 5.32 Å². The third-order valence-electron chi connectivity index (χ3n) is 2.96. The molecule has 0 bridgehead atoms. The Hall–Kier alpha value is -0.180. The van der Waals surface area contributed by atoms with Gasteiger partial charge in [0, 0.05) is 6.04 Å². The fourth-order valence-electron chi connectivity index (χ4n) is 2.26. The molecule has 2 rings (SSSR count). The molecule has 0 aromatic heterocycles. The van der Waals surface area contributed by atoms with Gasteiger partial charge in [0.2, 0.25) is 5.91 Å². The molecule has 2 fully saturated rings. The molecule has 1 N–H and O–H groups in total. The zero-order chi connectivity index (χ0) is 8.55. The van der Waals surface area contributed by atoms with Crippen molar-refractivity contribution >= 4 is 17.7 Å². The van der Waals surface area contributed by atoms with E-state index in [1.807, 2.05) is 6.26 Å². The molecule has 12 heavy (non-hydrogen) atoms. The van der Waals surface area contributed by atoms with Crippen molar-refractivity contribution in [2.45, 2.75) is 25.3 Å². The van der Waals surface area contributed by atoms with Crippen LogP contribution in [0.2, 0.25) is 0 Å². The minimum Gasteiger partial charge on any atom is -0.352 e. The molecule has 2 nitrogen and oxygen atoms in total. The molecule has 2 saturated carbocycles. The van der Waals surface area contributed by atoms with Gasteiger partial charge in [0.05, 0.1) is 5.75 Å². The Kier molecular flexibility index (Phi) is 2.31. The number of carbonyl (C=O) groups is 1. The highest BCUT2D eigenvalue weighted by Crippen LogP contribution is 2.51. The Morgan fingerprint density at radius 2 is 2.42 bits per heavy atom. The quantitative estimate of drug-likeness (QED) is 0.717. The molecule has 0 aromatic rings. The van der Waals surface area contributed by atoms with Crippen LogP contribution in [0.25, 0.3) is 0 Å². The summed E-state index contributed by atoms with van der Waals surface area (Å²) in [6.07, 6.45) is 5.89. The summed E-state index contributed by atoms with van der Waals surface area (Å²) in [5, 5.41) is 3.11. The summed E-state index contributed by atoms with van der Waals surface area (Å²) < 4.78 is 0.